The van der Waals surface area contributed by atoms with E-state index in [1.54, 1.807) is 0 Å². The molecule has 4 nitrogen and oxygen atoms in total. The summed E-state index contributed by atoms with van der Waals surface area (Å²) in [6, 6.07) is 26.7. The number of aromatic carboxylic acids is 2. The molecule has 0 aliphatic carbocycles. The second-order valence-electron chi connectivity index (χ2n) is 7.17. The fraction of sp³-hybridized carbons (Fsp3) is 0. The zero-order chi connectivity index (χ0) is 21.5. The van der Waals surface area contributed by atoms with Crippen LogP contribution in [0.25, 0.3) is 42.4 Å². The number of carboxylic acid groups (broad SMARTS) is 2. The van der Waals surface area contributed by atoms with Crippen LogP contribution in [-0.4, -0.2) is 22.2 Å². The number of hydrogen-bond acceptors (Lipinski definition) is 3. The van der Waals surface area contributed by atoms with Crippen molar-refractivity contribution >= 4 is 44.8 Å². The van der Waals surface area contributed by atoms with E-state index in [1.807, 2.05) is 84.9 Å². The van der Waals surface area contributed by atoms with Gasteiger partial charge in [0.1, 0.15) is 0 Å². The zero-order valence-corrected chi connectivity index (χ0v) is 17.0. The van der Waals surface area contributed by atoms with E-state index >= 15 is 0 Å². The highest BCUT2D eigenvalue weighted by Gasteiger charge is 2.30. The lowest BCUT2D eigenvalue weighted by molar-refractivity contribution is 0.0654. The van der Waals surface area contributed by atoms with Gasteiger partial charge in [0.25, 0.3) is 0 Å². The predicted molar refractivity (Wildman–Crippen MR) is 124 cm³/mol. The Balaban J connectivity index is 1.90. The maximum absolute atomic E-state index is 12.3. The number of fused-ring (bicyclic) bond motifs is 2. The average molecular weight is 424 g/mol. The first-order chi connectivity index (χ1) is 15.1. The van der Waals surface area contributed by atoms with Crippen LogP contribution in [0, 0.1) is 0 Å². The van der Waals surface area contributed by atoms with Crippen LogP contribution >= 0.6 is 11.3 Å². The van der Waals surface area contributed by atoms with E-state index in [9.17, 15) is 19.8 Å². The van der Waals surface area contributed by atoms with Crippen LogP contribution in [0.1, 0.15) is 20.7 Å². The molecule has 0 aliphatic heterocycles. The van der Waals surface area contributed by atoms with Gasteiger partial charge in [-0.25, -0.2) is 9.59 Å². The first-order valence-corrected chi connectivity index (χ1v) is 10.5. The normalized spacial score (nSPS) is 11.1. The summed E-state index contributed by atoms with van der Waals surface area (Å²) in [6.07, 6.45) is 0. The molecule has 5 rings (SSSR count). The van der Waals surface area contributed by atoms with Gasteiger partial charge in [-0.15, -0.1) is 11.3 Å². The van der Waals surface area contributed by atoms with Gasteiger partial charge in [0.15, 0.2) is 0 Å². The molecule has 0 aliphatic rings. The van der Waals surface area contributed by atoms with Crippen molar-refractivity contribution in [3.8, 4) is 20.9 Å². The Labute approximate surface area is 181 Å². The number of carbonyl (C=O) groups is 2. The number of rotatable bonds is 4. The second kappa shape index (κ2) is 7.38. The molecule has 1 heterocycles. The highest BCUT2D eigenvalue weighted by Crippen LogP contribution is 2.46. The lowest BCUT2D eigenvalue weighted by atomic mass is 9.96. The van der Waals surface area contributed by atoms with E-state index in [0.717, 1.165) is 32.7 Å². The largest absolute Gasteiger partial charge is 0.478 e. The van der Waals surface area contributed by atoms with Crippen LogP contribution in [0.3, 0.4) is 0 Å². The highest BCUT2D eigenvalue weighted by molar-refractivity contribution is 7.20. The minimum Gasteiger partial charge on any atom is -0.478 e. The van der Waals surface area contributed by atoms with Gasteiger partial charge < -0.3 is 10.2 Å². The van der Waals surface area contributed by atoms with E-state index in [0.29, 0.717) is 9.75 Å². The van der Waals surface area contributed by atoms with Crippen molar-refractivity contribution in [2.45, 2.75) is 0 Å². The van der Waals surface area contributed by atoms with Crippen LogP contribution in [0.4, 0.5) is 0 Å². The van der Waals surface area contributed by atoms with Crippen molar-refractivity contribution in [1.29, 1.82) is 0 Å². The molecule has 0 atom stereocenters. The van der Waals surface area contributed by atoms with Crippen molar-refractivity contribution in [2.75, 3.05) is 0 Å². The summed E-state index contributed by atoms with van der Waals surface area (Å²) in [6.45, 7) is 0. The van der Waals surface area contributed by atoms with Crippen LogP contribution in [-0.2, 0) is 0 Å². The molecule has 0 saturated heterocycles. The molecule has 2 N–H and O–H groups in total. The molecular weight excluding hydrogens is 408 g/mol. The number of benzene rings is 4. The fourth-order valence-corrected chi connectivity index (χ4v) is 5.43. The minimum atomic E-state index is -1.25. The zero-order valence-electron chi connectivity index (χ0n) is 16.2. The molecule has 0 amide bonds. The van der Waals surface area contributed by atoms with Gasteiger partial charge in [0, 0.05) is 11.1 Å². The van der Waals surface area contributed by atoms with E-state index in [-0.39, 0.29) is 11.1 Å². The topological polar surface area (TPSA) is 74.6 Å². The Morgan fingerprint density at radius 3 is 1.35 bits per heavy atom. The maximum Gasteiger partial charge on any atom is 0.338 e. The molecule has 4 aromatic carbocycles. The van der Waals surface area contributed by atoms with Crippen molar-refractivity contribution in [3.05, 3.63) is 96.1 Å². The smallest absolute Gasteiger partial charge is 0.338 e. The molecule has 5 aromatic rings. The Kier molecular flexibility index (Phi) is 4.53. The van der Waals surface area contributed by atoms with Crippen molar-refractivity contribution in [3.63, 3.8) is 0 Å². The van der Waals surface area contributed by atoms with Gasteiger partial charge in [-0.3, -0.25) is 0 Å². The van der Waals surface area contributed by atoms with Gasteiger partial charge in [-0.2, -0.15) is 0 Å². The first kappa shape index (κ1) is 19.0. The third-order valence-corrected chi connectivity index (χ3v) is 6.66. The van der Waals surface area contributed by atoms with Gasteiger partial charge in [0.2, 0.25) is 0 Å². The summed E-state index contributed by atoms with van der Waals surface area (Å²) in [5.41, 5.74) is 1.09. The van der Waals surface area contributed by atoms with Gasteiger partial charge >= 0.3 is 11.9 Å². The third-order valence-electron chi connectivity index (χ3n) is 5.40. The fourth-order valence-electron chi connectivity index (χ4n) is 4.07. The molecule has 0 unspecified atom stereocenters. The lowest BCUT2D eigenvalue weighted by Crippen LogP contribution is -2.07. The predicted octanol–water partition coefficient (Wildman–Crippen LogP) is 6.78. The summed E-state index contributed by atoms with van der Waals surface area (Å²) >= 11 is 1.22. The highest BCUT2D eigenvalue weighted by atomic mass is 32.1. The van der Waals surface area contributed by atoms with Crippen LogP contribution in [0.5, 0.6) is 0 Å². The third kappa shape index (κ3) is 3.07. The molecule has 1 aromatic heterocycles. The first-order valence-electron chi connectivity index (χ1n) is 9.66. The van der Waals surface area contributed by atoms with Crippen LogP contribution in [0.2, 0.25) is 0 Å². The monoisotopic (exact) mass is 424 g/mol. The molecule has 31 heavy (non-hydrogen) atoms. The van der Waals surface area contributed by atoms with E-state index in [2.05, 4.69) is 0 Å². The molecule has 0 bridgehead atoms. The van der Waals surface area contributed by atoms with E-state index in [4.69, 9.17) is 0 Å². The van der Waals surface area contributed by atoms with E-state index < -0.39 is 11.9 Å². The molecule has 0 spiro atoms. The number of carboxylic acids is 2. The summed E-state index contributed by atoms with van der Waals surface area (Å²) in [4.78, 5) is 25.5. The number of thiophene rings is 1. The SMILES string of the molecule is O=C(O)c1c(-c2cccc3ccccc23)sc(-c2cccc3ccccc23)c1C(=O)O. The standard InChI is InChI=1S/C26H16O4S/c27-25(28)21-22(26(29)30)24(20-14-6-10-16-8-2-4-12-18(16)20)31-23(21)19-13-5-9-15-7-1-3-11-17(15)19/h1-14H,(H,27,28)(H,29,30). The summed E-state index contributed by atoms with van der Waals surface area (Å²) in [5.74, 6) is -2.49. The molecule has 0 saturated carbocycles. The molecule has 0 fully saturated rings. The van der Waals surface area contributed by atoms with Crippen molar-refractivity contribution in [1.82, 2.24) is 0 Å². The lowest BCUT2D eigenvalue weighted by Gasteiger charge is -2.06. The summed E-state index contributed by atoms with van der Waals surface area (Å²) in [7, 11) is 0. The van der Waals surface area contributed by atoms with Gasteiger partial charge in [-0.05, 0) is 21.5 Å². The Morgan fingerprint density at radius 2 is 0.935 bits per heavy atom. The van der Waals surface area contributed by atoms with E-state index in [1.165, 1.54) is 11.3 Å². The average Bonchev–Trinajstić information content (AvgIpc) is 3.19. The van der Waals surface area contributed by atoms with Crippen molar-refractivity contribution in [2.24, 2.45) is 0 Å². The molecular formula is C26H16O4S. The molecule has 5 heteroatoms. The van der Waals surface area contributed by atoms with Gasteiger partial charge in [-0.1, -0.05) is 84.9 Å². The summed E-state index contributed by atoms with van der Waals surface area (Å²) in [5, 5.41) is 23.8. The molecule has 150 valence electrons. The summed E-state index contributed by atoms with van der Waals surface area (Å²) < 4.78 is 0. The number of hydrogen-bond donors (Lipinski definition) is 2. The minimum absolute atomic E-state index is 0.170. The Hall–Kier alpha value is -3.96. The quantitative estimate of drug-likeness (QED) is 0.333. The Bertz CT molecular complexity index is 1370. The maximum atomic E-state index is 12.3. The van der Waals surface area contributed by atoms with Gasteiger partial charge in [0.05, 0.1) is 20.9 Å². The molecule has 0 radical (unpaired) electrons. The second-order valence-corrected chi connectivity index (χ2v) is 8.19. The van der Waals surface area contributed by atoms with Crippen molar-refractivity contribution < 1.29 is 19.8 Å². The Morgan fingerprint density at radius 1 is 0.548 bits per heavy atom. The van der Waals surface area contributed by atoms with Crippen LogP contribution < -0.4 is 0 Å². The van der Waals surface area contributed by atoms with Crippen LogP contribution in [0.15, 0.2) is 84.9 Å².